The minimum absolute atomic E-state index is 0.151. The van der Waals surface area contributed by atoms with E-state index in [1.165, 1.54) is 7.11 Å². The lowest BCUT2D eigenvalue weighted by atomic mass is 10.2. The van der Waals surface area contributed by atoms with Crippen LogP contribution >= 0.6 is 0 Å². The van der Waals surface area contributed by atoms with Crippen molar-refractivity contribution in [1.29, 1.82) is 0 Å². The lowest BCUT2D eigenvalue weighted by Gasteiger charge is -2.07. The van der Waals surface area contributed by atoms with Crippen LogP contribution in [0.3, 0.4) is 0 Å². The maximum absolute atomic E-state index is 12.6. The predicted octanol–water partition coefficient (Wildman–Crippen LogP) is 2.77. The Kier molecular flexibility index (Phi) is 4.94. The number of hydrogen-bond acceptors (Lipinski definition) is 6. The molecular formula is C18H19N3O4S. The molecule has 0 aliphatic rings. The van der Waals surface area contributed by atoms with E-state index in [0.29, 0.717) is 22.6 Å². The van der Waals surface area contributed by atoms with Crippen LogP contribution in [0, 0.1) is 6.92 Å². The molecule has 0 saturated carbocycles. The minimum atomic E-state index is -3.64. The van der Waals surface area contributed by atoms with Crippen molar-refractivity contribution in [2.24, 2.45) is 0 Å². The quantitative estimate of drug-likeness (QED) is 0.714. The van der Waals surface area contributed by atoms with Gasteiger partial charge in [0, 0.05) is 6.07 Å². The highest BCUT2D eigenvalue weighted by molar-refractivity contribution is 7.90. The van der Waals surface area contributed by atoms with Gasteiger partial charge < -0.3 is 9.47 Å². The molecule has 136 valence electrons. The number of benzene rings is 2. The Bertz CT molecular complexity index is 1010. The summed E-state index contributed by atoms with van der Waals surface area (Å²) in [7, 11) is -0.574. The summed E-state index contributed by atoms with van der Waals surface area (Å²) in [5, 5.41) is 6.38. The van der Waals surface area contributed by atoms with E-state index in [4.69, 9.17) is 9.47 Å². The Morgan fingerprint density at radius 3 is 2.42 bits per heavy atom. The van der Waals surface area contributed by atoms with Gasteiger partial charge in [-0.1, -0.05) is 29.8 Å². The lowest BCUT2D eigenvalue weighted by Crippen LogP contribution is -2.07. The van der Waals surface area contributed by atoms with E-state index in [2.05, 4.69) is 15.2 Å². The fraction of sp³-hybridized carbons (Fsp3) is 0.222. The second-order valence-electron chi connectivity index (χ2n) is 5.78. The van der Waals surface area contributed by atoms with Crippen molar-refractivity contribution >= 4 is 9.84 Å². The number of methoxy groups -OCH3 is 2. The van der Waals surface area contributed by atoms with E-state index < -0.39 is 9.84 Å². The van der Waals surface area contributed by atoms with Crippen molar-refractivity contribution in [3.8, 4) is 22.9 Å². The summed E-state index contributed by atoms with van der Waals surface area (Å²) < 4.78 is 35.7. The molecule has 0 aliphatic heterocycles. The predicted molar refractivity (Wildman–Crippen MR) is 97.0 cm³/mol. The fourth-order valence-electron chi connectivity index (χ4n) is 2.46. The van der Waals surface area contributed by atoms with E-state index in [-0.39, 0.29) is 16.7 Å². The van der Waals surface area contributed by atoms with Gasteiger partial charge in [-0.2, -0.15) is 10.1 Å². The molecule has 0 fully saturated rings. The molecule has 0 aliphatic carbocycles. The van der Waals surface area contributed by atoms with Crippen LogP contribution in [0.1, 0.15) is 11.1 Å². The van der Waals surface area contributed by atoms with Gasteiger partial charge in [-0.15, -0.1) is 0 Å². The second kappa shape index (κ2) is 7.17. The van der Waals surface area contributed by atoms with Crippen LogP contribution in [-0.2, 0) is 15.6 Å². The highest BCUT2D eigenvalue weighted by Gasteiger charge is 2.22. The highest BCUT2D eigenvalue weighted by Crippen LogP contribution is 2.31. The number of aromatic nitrogens is 3. The molecule has 8 heteroatoms. The zero-order valence-electron chi connectivity index (χ0n) is 14.7. The number of hydrogen-bond donors (Lipinski definition) is 1. The van der Waals surface area contributed by atoms with Crippen LogP contribution in [-0.4, -0.2) is 37.8 Å². The number of ether oxygens (including phenoxy) is 2. The number of sulfone groups is 1. The molecule has 0 saturated heterocycles. The van der Waals surface area contributed by atoms with Crippen molar-refractivity contribution in [2.75, 3.05) is 14.2 Å². The van der Waals surface area contributed by atoms with Gasteiger partial charge in [0.1, 0.15) is 11.5 Å². The monoisotopic (exact) mass is 373 g/mol. The van der Waals surface area contributed by atoms with Crippen LogP contribution in [0.15, 0.2) is 47.6 Å². The molecule has 1 aromatic heterocycles. The normalized spacial score (nSPS) is 11.3. The highest BCUT2D eigenvalue weighted by atomic mass is 32.2. The molecule has 1 N–H and O–H groups in total. The van der Waals surface area contributed by atoms with Crippen LogP contribution in [0.2, 0.25) is 0 Å². The molecule has 3 rings (SSSR count). The summed E-state index contributed by atoms with van der Waals surface area (Å²) in [5.74, 6) is 1.20. The topological polar surface area (TPSA) is 94.2 Å². The molecule has 0 spiro atoms. The SMILES string of the molecule is COc1ccc(-c2n[nH]c(S(=O)(=O)Cc3ccc(C)cc3)n2)c(OC)c1. The van der Waals surface area contributed by atoms with Crippen LogP contribution in [0.5, 0.6) is 11.5 Å². The van der Waals surface area contributed by atoms with E-state index in [9.17, 15) is 8.42 Å². The van der Waals surface area contributed by atoms with Gasteiger partial charge in [-0.25, -0.2) is 13.5 Å². The summed E-state index contributed by atoms with van der Waals surface area (Å²) in [5.41, 5.74) is 2.33. The van der Waals surface area contributed by atoms with Crippen molar-refractivity contribution in [2.45, 2.75) is 17.8 Å². The van der Waals surface area contributed by atoms with Gasteiger partial charge in [0.15, 0.2) is 5.82 Å². The molecule has 0 bridgehead atoms. The molecule has 1 heterocycles. The number of H-pyrrole nitrogens is 1. The van der Waals surface area contributed by atoms with E-state index >= 15 is 0 Å². The lowest BCUT2D eigenvalue weighted by molar-refractivity contribution is 0.395. The van der Waals surface area contributed by atoms with Crippen molar-refractivity contribution in [1.82, 2.24) is 15.2 Å². The molecule has 3 aromatic rings. The molecule has 2 aromatic carbocycles. The largest absolute Gasteiger partial charge is 0.497 e. The molecule has 26 heavy (non-hydrogen) atoms. The van der Waals surface area contributed by atoms with Crippen molar-refractivity contribution < 1.29 is 17.9 Å². The third kappa shape index (κ3) is 3.70. The first-order valence-corrected chi connectivity index (χ1v) is 9.51. The minimum Gasteiger partial charge on any atom is -0.497 e. The Hall–Kier alpha value is -2.87. The molecule has 0 atom stereocenters. The van der Waals surface area contributed by atoms with Gasteiger partial charge in [-0.05, 0) is 24.6 Å². The number of aryl methyl sites for hydroxylation is 1. The summed E-state index contributed by atoms with van der Waals surface area (Å²) in [4.78, 5) is 4.15. The Balaban J connectivity index is 1.90. The van der Waals surface area contributed by atoms with Gasteiger partial charge in [0.05, 0.1) is 25.5 Å². The van der Waals surface area contributed by atoms with Gasteiger partial charge in [0.25, 0.3) is 0 Å². The Morgan fingerprint density at radius 2 is 1.77 bits per heavy atom. The van der Waals surface area contributed by atoms with Gasteiger partial charge in [-0.3, -0.25) is 0 Å². The smallest absolute Gasteiger partial charge is 0.243 e. The first-order valence-electron chi connectivity index (χ1n) is 7.86. The molecule has 0 unspecified atom stereocenters. The van der Waals surface area contributed by atoms with E-state index in [1.807, 2.05) is 19.1 Å². The summed E-state index contributed by atoms with van der Waals surface area (Å²) in [6.07, 6.45) is 0. The number of rotatable bonds is 6. The molecule has 0 radical (unpaired) electrons. The number of nitrogens with one attached hydrogen (secondary N) is 1. The molecule has 7 nitrogen and oxygen atoms in total. The fourth-order valence-corrected chi connectivity index (χ4v) is 3.64. The van der Waals surface area contributed by atoms with Crippen LogP contribution < -0.4 is 9.47 Å². The summed E-state index contributed by atoms with van der Waals surface area (Å²) >= 11 is 0. The first kappa shape index (κ1) is 17.9. The van der Waals surface area contributed by atoms with Crippen LogP contribution in [0.25, 0.3) is 11.4 Å². The average Bonchev–Trinajstić information content (AvgIpc) is 3.14. The second-order valence-corrected chi connectivity index (χ2v) is 7.68. The van der Waals surface area contributed by atoms with E-state index in [1.54, 1.807) is 37.4 Å². The number of aromatic amines is 1. The maximum atomic E-state index is 12.6. The standard InChI is InChI=1S/C18H19N3O4S/c1-12-4-6-13(7-5-12)11-26(22,23)18-19-17(20-21-18)15-9-8-14(24-2)10-16(15)25-3/h4-10H,11H2,1-3H3,(H,19,20,21). The van der Waals surface area contributed by atoms with Crippen LogP contribution in [0.4, 0.5) is 0 Å². The Morgan fingerprint density at radius 1 is 1.04 bits per heavy atom. The third-order valence-electron chi connectivity index (χ3n) is 3.89. The van der Waals surface area contributed by atoms with Crippen molar-refractivity contribution in [3.05, 3.63) is 53.6 Å². The third-order valence-corrected chi connectivity index (χ3v) is 5.37. The molecular weight excluding hydrogens is 354 g/mol. The average molecular weight is 373 g/mol. The zero-order valence-corrected chi connectivity index (χ0v) is 15.5. The molecule has 0 amide bonds. The summed E-state index contributed by atoms with van der Waals surface area (Å²) in [6, 6.07) is 12.5. The first-order chi connectivity index (χ1) is 12.4. The van der Waals surface area contributed by atoms with Crippen molar-refractivity contribution in [3.63, 3.8) is 0 Å². The zero-order chi connectivity index (χ0) is 18.7. The van der Waals surface area contributed by atoms with Gasteiger partial charge in [0.2, 0.25) is 15.0 Å². The van der Waals surface area contributed by atoms with E-state index in [0.717, 1.165) is 5.56 Å². The Labute approximate surface area is 151 Å². The van der Waals surface area contributed by atoms with Gasteiger partial charge >= 0.3 is 0 Å². The maximum Gasteiger partial charge on any atom is 0.243 e. The summed E-state index contributed by atoms with van der Waals surface area (Å²) in [6.45, 7) is 1.95. The number of nitrogens with zero attached hydrogens (tertiary/aromatic N) is 2.